The summed E-state index contributed by atoms with van der Waals surface area (Å²) in [7, 11) is -1.81. The third-order valence-corrected chi connectivity index (χ3v) is 7.55. The topological polar surface area (TPSA) is 70.9 Å². The van der Waals surface area contributed by atoms with Crippen LogP contribution in [-0.2, 0) is 14.8 Å². The number of carbonyl (C=O) groups excluding carboxylic acids is 1. The fraction of sp³-hybridized carbons (Fsp3) is 0.632. The maximum atomic E-state index is 12.8. The molecule has 0 atom stereocenters. The second-order valence-electron chi connectivity index (χ2n) is 7.52. The number of likely N-dealkylation sites (tertiary alicyclic amines) is 1. The van der Waals surface area contributed by atoms with Crippen molar-refractivity contribution in [2.45, 2.75) is 55.9 Å². The van der Waals surface area contributed by atoms with E-state index in [1.807, 2.05) is 0 Å². The number of carbonyl (C=O) groups is 1. The molecule has 1 saturated carbocycles. The summed E-state index contributed by atoms with van der Waals surface area (Å²) >= 11 is 0. The molecule has 2 N–H and O–H groups in total. The largest absolute Gasteiger partial charge is 0.327 e. The standard InChI is InChI=1S/C19H29N3O3S/c1-21(17-7-3-2-4-8-17)26(24,25)18-11-9-16(10-12-18)20-19(23)15-22-13-5-6-14-22/h9-12,17H,2-8,13-15H2,1H3,(H,20,23)/p+1. The van der Waals surface area contributed by atoms with Gasteiger partial charge in [-0.25, -0.2) is 8.42 Å². The van der Waals surface area contributed by atoms with Crippen molar-refractivity contribution in [1.82, 2.24) is 4.31 Å². The van der Waals surface area contributed by atoms with Crippen LogP contribution in [0.5, 0.6) is 0 Å². The fourth-order valence-electron chi connectivity index (χ4n) is 4.00. The summed E-state index contributed by atoms with van der Waals surface area (Å²) in [5.41, 5.74) is 0.646. The average molecular weight is 381 g/mol. The molecule has 2 fully saturated rings. The van der Waals surface area contributed by atoms with Crippen molar-refractivity contribution in [1.29, 1.82) is 0 Å². The number of sulfonamides is 1. The van der Waals surface area contributed by atoms with E-state index in [9.17, 15) is 13.2 Å². The van der Waals surface area contributed by atoms with E-state index in [1.165, 1.54) is 28.5 Å². The first-order valence-electron chi connectivity index (χ1n) is 9.68. The first-order valence-corrected chi connectivity index (χ1v) is 11.1. The molecule has 1 aliphatic carbocycles. The Hall–Kier alpha value is -1.44. The van der Waals surface area contributed by atoms with Crippen LogP contribution in [0.15, 0.2) is 29.2 Å². The van der Waals surface area contributed by atoms with Gasteiger partial charge in [0.2, 0.25) is 10.0 Å². The molecule has 1 aliphatic heterocycles. The second kappa shape index (κ2) is 8.50. The van der Waals surface area contributed by atoms with E-state index in [0.717, 1.165) is 38.8 Å². The van der Waals surface area contributed by atoms with Gasteiger partial charge >= 0.3 is 0 Å². The van der Waals surface area contributed by atoms with Crippen LogP contribution in [0, 0.1) is 0 Å². The molecule has 1 saturated heterocycles. The first kappa shape index (κ1) is 19.3. The van der Waals surface area contributed by atoms with E-state index in [0.29, 0.717) is 12.2 Å². The van der Waals surface area contributed by atoms with E-state index in [4.69, 9.17) is 0 Å². The van der Waals surface area contributed by atoms with Crippen LogP contribution in [0.25, 0.3) is 0 Å². The zero-order valence-corrected chi connectivity index (χ0v) is 16.4. The molecule has 0 aromatic heterocycles. The van der Waals surface area contributed by atoms with Crippen molar-refractivity contribution in [3.63, 3.8) is 0 Å². The van der Waals surface area contributed by atoms with Gasteiger partial charge < -0.3 is 10.2 Å². The first-order chi connectivity index (χ1) is 12.5. The van der Waals surface area contributed by atoms with Crippen molar-refractivity contribution in [3.05, 3.63) is 24.3 Å². The van der Waals surface area contributed by atoms with E-state index in [1.54, 1.807) is 31.3 Å². The van der Waals surface area contributed by atoms with Gasteiger partial charge in [-0.1, -0.05) is 19.3 Å². The molecule has 1 aromatic carbocycles. The number of amides is 1. The highest BCUT2D eigenvalue weighted by Gasteiger charge is 2.29. The highest BCUT2D eigenvalue weighted by molar-refractivity contribution is 7.89. The summed E-state index contributed by atoms with van der Waals surface area (Å²) in [5.74, 6) is -0.0168. The quantitative estimate of drug-likeness (QED) is 0.780. The molecule has 0 unspecified atom stereocenters. The minimum absolute atomic E-state index is 0.0168. The number of nitrogens with zero attached hydrogens (tertiary/aromatic N) is 1. The molecule has 6 nitrogen and oxygen atoms in total. The summed E-state index contributed by atoms with van der Waals surface area (Å²) in [6, 6.07) is 6.63. The van der Waals surface area contributed by atoms with Crippen LogP contribution >= 0.6 is 0 Å². The van der Waals surface area contributed by atoms with Crippen molar-refractivity contribution in [2.75, 3.05) is 32.0 Å². The summed E-state index contributed by atoms with van der Waals surface area (Å²) < 4.78 is 27.2. The third kappa shape index (κ3) is 4.64. The lowest BCUT2D eigenvalue weighted by Gasteiger charge is -2.30. The highest BCUT2D eigenvalue weighted by atomic mass is 32.2. The van der Waals surface area contributed by atoms with Crippen LogP contribution in [0.2, 0.25) is 0 Å². The van der Waals surface area contributed by atoms with Crippen LogP contribution in [0.3, 0.4) is 0 Å². The summed E-state index contributed by atoms with van der Waals surface area (Å²) in [6.45, 7) is 2.58. The van der Waals surface area contributed by atoms with E-state index in [-0.39, 0.29) is 16.8 Å². The Labute approximate surface area is 156 Å². The van der Waals surface area contributed by atoms with Crippen LogP contribution < -0.4 is 10.2 Å². The van der Waals surface area contributed by atoms with E-state index < -0.39 is 10.0 Å². The van der Waals surface area contributed by atoms with Crippen molar-refractivity contribution in [3.8, 4) is 0 Å². The van der Waals surface area contributed by atoms with E-state index in [2.05, 4.69) is 5.32 Å². The van der Waals surface area contributed by atoms with Gasteiger partial charge in [0.1, 0.15) is 0 Å². The molecular weight excluding hydrogens is 350 g/mol. The Kier molecular flexibility index (Phi) is 6.32. The van der Waals surface area contributed by atoms with Gasteiger partial charge in [-0.05, 0) is 37.1 Å². The predicted octanol–water partition coefficient (Wildman–Crippen LogP) is 1.26. The molecule has 0 bridgehead atoms. The number of hydrogen-bond acceptors (Lipinski definition) is 3. The Morgan fingerprint density at radius 1 is 1.08 bits per heavy atom. The molecule has 0 radical (unpaired) electrons. The minimum atomic E-state index is -3.49. The predicted molar refractivity (Wildman–Crippen MR) is 102 cm³/mol. The molecule has 1 aromatic rings. The van der Waals surface area contributed by atoms with Gasteiger partial charge in [0.25, 0.3) is 5.91 Å². The number of nitrogens with one attached hydrogen (secondary N) is 2. The number of anilines is 1. The lowest BCUT2D eigenvalue weighted by Crippen LogP contribution is -3.11. The van der Waals surface area contributed by atoms with Crippen molar-refractivity contribution < 1.29 is 18.1 Å². The zero-order chi connectivity index (χ0) is 18.6. The molecule has 1 heterocycles. The van der Waals surface area contributed by atoms with Gasteiger partial charge in [0.05, 0.1) is 18.0 Å². The highest BCUT2D eigenvalue weighted by Crippen LogP contribution is 2.26. The number of benzene rings is 1. The number of quaternary nitrogens is 1. The summed E-state index contributed by atoms with van der Waals surface area (Å²) in [4.78, 5) is 13.7. The van der Waals surface area contributed by atoms with Gasteiger partial charge in [0, 0.05) is 31.6 Å². The van der Waals surface area contributed by atoms with Crippen molar-refractivity contribution in [2.24, 2.45) is 0 Å². The lowest BCUT2D eigenvalue weighted by atomic mass is 9.96. The molecule has 144 valence electrons. The maximum Gasteiger partial charge on any atom is 0.279 e. The second-order valence-corrected chi connectivity index (χ2v) is 9.52. The molecule has 7 heteroatoms. The monoisotopic (exact) mass is 380 g/mol. The lowest BCUT2D eigenvalue weighted by molar-refractivity contribution is -0.878. The smallest absolute Gasteiger partial charge is 0.279 e. The van der Waals surface area contributed by atoms with Gasteiger partial charge in [-0.3, -0.25) is 4.79 Å². The molecule has 2 aliphatic rings. The molecule has 1 amide bonds. The van der Waals surface area contributed by atoms with Gasteiger partial charge in [-0.15, -0.1) is 0 Å². The zero-order valence-electron chi connectivity index (χ0n) is 15.5. The Bertz CT molecular complexity index is 706. The Morgan fingerprint density at radius 2 is 1.69 bits per heavy atom. The summed E-state index contributed by atoms with van der Waals surface area (Å²) in [5, 5.41) is 2.87. The summed E-state index contributed by atoms with van der Waals surface area (Å²) in [6.07, 6.45) is 7.61. The number of hydrogen-bond donors (Lipinski definition) is 2. The van der Waals surface area contributed by atoms with E-state index >= 15 is 0 Å². The molecule has 0 spiro atoms. The normalized spacial score (nSPS) is 19.8. The molecule has 3 rings (SSSR count). The average Bonchev–Trinajstić information content (AvgIpc) is 3.15. The van der Waals surface area contributed by atoms with Crippen molar-refractivity contribution >= 4 is 21.6 Å². The Balaban J connectivity index is 1.61. The fourth-order valence-corrected chi connectivity index (χ4v) is 5.42. The molecule has 26 heavy (non-hydrogen) atoms. The van der Waals surface area contributed by atoms with Crippen LogP contribution in [-0.4, -0.2) is 51.4 Å². The Morgan fingerprint density at radius 3 is 2.31 bits per heavy atom. The van der Waals surface area contributed by atoms with Crippen LogP contribution in [0.1, 0.15) is 44.9 Å². The molecular formula is C19H30N3O3S+. The SMILES string of the molecule is CN(C1CCCCC1)S(=O)(=O)c1ccc(NC(=O)C[NH+]2CCCC2)cc1. The van der Waals surface area contributed by atoms with Crippen LogP contribution in [0.4, 0.5) is 5.69 Å². The maximum absolute atomic E-state index is 12.8. The third-order valence-electron chi connectivity index (χ3n) is 5.63. The minimum Gasteiger partial charge on any atom is -0.327 e. The van der Waals surface area contributed by atoms with Gasteiger partial charge in [-0.2, -0.15) is 4.31 Å². The number of rotatable bonds is 6. The van der Waals surface area contributed by atoms with Gasteiger partial charge in [0.15, 0.2) is 6.54 Å².